The molecule has 140 valence electrons. The predicted molar refractivity (Wildman–Crippen MR) is 111 cm³/mol. The number of ether oxygens (including phenoxy) is 1. The van der Waals surface area contributed by atoms with Gasteiger partial charge >= 0.3 is 0 Å². The Labute approximate surface area is 166 Å². The highest BCUT2D eigenvalue weighted by molar-refractivity contribution is 5.75. The van der Waals surface area contributed by atoms with Crippen molar-refractivity contribution in [3.63, 3.8) is 0 Å². The Morgan fingerprint density at radius 3 is 2.00 bits per heavy atom. The molecular weight excluding hydrogens is 346 g/mol. The summed E-state index contributed by atoms with van der Waals surface area (Å²) in [4.78, 5) is 15.2. The molecule has 0 aliphatic heterocycles. The average molecular weight is 369 g/mol. The summed E-state index contributed by atoms with van der Waals surface area (Å²) in [5.74, 6) is 8.49. The lowest BCUT2D eigenvalue weighted by Gasteiger charge is -2.09. The minimum absolute atomic E-state index is 0.243. The fraction of sp³-hybridized carbons (Fsp3) is 0.200. The van der Waals surface area contributed by atoms with Crippen LogP contribution in [-0.4, -0.2) is 10.8 Å². The van der Waals surface area contributed by atoms with E-state index in [0.29, 0.717) is 12.3 Å². The van der Waals surface area contributed by atoms with E-state index < -0.39 is 0 Å². The standard InChI is InChI=1S/C25H23NO2/c1-19(17-20(2)27)18-23-7-5-21(6-8-23)3-4-22-9-11-24(12-10-22)28-25-13-15-26-16-14-25/h5-16,19H,17-18H2,1-2H3. The maximum Gasteiger partial charge on any atom is 0.130 e. The third kappa shape index (κ3) is 6.10. The number of nitrogens with zero attached hydrogens (tertiary/aromatic N) is 1. The minimum Gasteiger partial charge on any atom is -0.457 e. The molecule has 28 heavy (non-hydrogen) atoms. The lowest BCUT2D eigenvalue weighted by Crippen LogP contribution is -2.04. The Balaban J connectivity index is 1.59. The molecule has 1 aromatic heterocycles. The van der Waals surface area contributed by atoms with Gasteiger partial charge in [-0.1, -0.05) is 30.9 Å². The van der Waals surface area contributed by atoms with Crippen LogP contribution in [0.2, 0.25) is 0 Å². The summed E-state index contributed by atoms with van der Waals surface area (Å²) in [6.07, 6.45) is 4.93. The summed E-state index contributed by atoms with van der Waals surface area (Å²) in [5.41, 5.74) is 3.14. The number of aromatic nitrogens is 1. The maximum absolute atomic E-state index is 11.2. The number of hydrogen-bond donors (Lipinski definition) is 0. The second-order valence-electron chi connectivity index (χ2n) is 6.97. The van der Waals surface area contributed by atoms with Gasteiger partial charge in [-0.05, 0) is 73.4 Å². The first-order valence-electron chi connectivity index (χ1n) is 9.37. The zero-order chi connectivity index (χ0) is 19.8. The highest BCUT2D eigenvalue weighted by Crippen LogP contribution is 2.20. The average Bonchev–Trinajstić information content (AvgIpc) is 2.69. The Bertz CT molecular complexity index is 965. The first kappa shape index (κ1) is 19.4. The van der Waals surface area contributed by atoms with Crippen LogP contribution in [0.15, 0.2) is 73.1 Å². The van der Waals surface area contributed by atoms with E-state index in [9.17, 15) is 4.79 Å². The summed E-state index contributed by atoms with van der Waals surface area (Å²) >= 11 is 0. The Morgan fingerprint density at radius 2 is 1.43 bits per heavy atom. The molecule has 3 heteroatoms. The van der Waals surface area contributed by atoms with Crippen LogP contribution in [-0.2, 0) is 11.2 Å². The van der Waals surface area contributed by atoms with E-state index in [1.165, 1.54) is 5.56 Å². The third-order valence-corrected chi connectivity index (χ3v) is 4.26. The van der Waals surface area contributed by atoms with E-state index >= 15 is 0 Å². The summed E-state index contributed by atoms with van der Waals surface area (Å²) in [6, 6.07) is 19.6. The number of Topliss-reactive ketones (excluding diaryl/α,β-unsaturated/α-hetero) is 1. The van der Waals surface area contributed by atoms with Crippen molar-refractivity contribution in [1.29, 1.82) is 0 Å². The molecule has 0 saturated carbocycles. The van der Waals surface area contributed by atoms with Crippen molar-refractivity contribution in [2.75, 3.05) is 0 Å². The normalized spacial score (nSPS) is 11.2. The number of hydrogen-bond acceptors (Lipinski definition) is 3. The summed E-state index contributed by atoms with van der Waals surface area (Å²) in [6.45, 7) is 3.75. The zero-order valence-electron chi connectivity index (χ0n) is 16.2. The van der Waals surface area contributed by atoms with Crippen molar-refractivity contribution < 1.29 is 9.53 Å². The molecule has 0 spiro atoms. The van der Waals surface area contributed by atoms with Crippen molar-refractivity contribution in [3.8, 4) is 23.3 Å². The van der Waals surface area contributed by atoms with Gasteiger partial charge in [-0.3, -0.25) is 4.98 Å². The fourth-order valence-electron chi connectivity index (χ4n) is 2.98. The lowest BCUT2D eigenvalue weighted by atomic mass is 9.96. The van der Waals surface area contributed by atoms with Gasteiger partial charge < -0.3 is 9.53 Å². The van der Waals surface area contributed by atoms with Crippen molar-refractivity contribution in [3.05, 3.63) is 89.7 Å². The summed E-state index contributed by atoms with van der Waals surface area (Å²) in [7, 11) is 0. The van der Waals surface area contributed by atoms with Gasteiger partial charge in [-0.2, -0.15) is 0 Å². The summed E-state index contributed by atoms with van der Waals surface area (Å²) in [5, 5.41) is 0. The lowest BCUT2D eigenvalue weighted by molar-refractivity contribution is -0.117. The van der Waals surface area contributed by atoms with Gasteiger partial charge in [0.25, 0.3) is 0 Å². The molecule has 0 radical (unpaired) electrons. The van der Waals surface area contributed by atoms with Crippen molar-refractivity contribution in [2.45, 2.75) is 26.7 Å². The molecule has 0 saturated heterocycles. The van der Waals surface area contributed by atoms with Crippen LogP contribution in [0.25, 0.3) is 0 Å². The molecule has 1 atom stereocenters. The maximum atomic E-state index is 11.2. The molecule has 2 aromatic carbocycles. The van der Waals surface area contributed by atoms with Gasteiger partial charge in [0.1, 0.15) is 17.3 Å². The highest BCUT2D eigenvalue weighted by Gasteiger charge is 2.06. The molecule has 3 rings (SSSR count). The van der Waals surface area contributed by atoms with E-state index in [-0.39, 0.29) is 5.78 Å². The molecule has 0 aliphatic rings. The van der Waals surface area contributed by atoms with E-state index in [1.807, 2.05) is 48.5 Å². The quantitative estimate of drug-likeness (QED) is 0.544. The minimum atomic E-state index is 0.243. The molecule has 3 nitrogen and oxygen atoms in total. The van der Waals surface area contributed by atoms with Gasteiger partial charge in [0.05, 0.1) is 0 Å². The van der Waals surface area contributed by atoms with Crippen LogP contribution < -0.4 is 4.74 Å². The molecule has 0 aliphatic carbocycles. The third-order valence-electron chi connectivity index (χ3n) is 4.26. The number of carbonyl (C=O) groups excluding carboxylic acids is 1. The number of ketones is 1. The highest BCUT2D eigenvalue weighted by atomic mass is 16.5. The van der Waals surface area contributed by atoms with Crippen LogP contribution in [0, 0.1) is 17.8 Å². The van der Waals surface area contributed by atoms with Crippen LogP contribution in [0.5, 0.6) is 11.5 Å². The van der Waals surface area contributed by atoms with Gasteiger partial charge in [-0.15, -0.1) is 0 Å². The molecule has 3 aromatic rings. The first-order valence-corrected chi connectivity index (χ1v) is 9.37. The number of carbonyl (C=O) groups is 1. The molecule has 0 N–H and O–H groups in total. The Hall–Kier alpha value is -3.38. The second-order valence-corrected chi connectivity index (χ2v) is 6.97. The smallest absolute Gasteiger partial charge is 0.130 e. The molecular formula is C25H23NO2. The van der Waals surface area contributed by atoms with E-state index in [0.717, 1.165) is 29.0 Å². The van der Waals surface area contributed by atoms with Gasteiger partial charge in [-0.25, -0.2) is 0 Å². The van der Waals surface area contributed by atoms with Gasteiger partial charge in [0.15, 0.2) is 0 Å². The van der Waals surface area contributed by atoms with Gasteiger partial charge in [0.2, 0.25) is 0 Å². The molecule has 1 unspecified atom stereocenters. The molecule has 0 bridgehead atoms. The molecule has 1 heterocycles. The Morgan fingerprint density at radius 1 is 0.893 bits per heavy atom. The summed E-state index contributed by atoms with van der Waals surface area (Å²) < 4.78 is 5.76. The number of rotatable bonds is 6. The fourth-order valence-corrected chi connectivity index (χ4v) is 2.98. The second kappa shape index (κ2) is 9.53. The zero-order valence-corrected chi connectivity index (χ0v) is 16.2. The molecule has 0 fully saturated rings. The molecule has 0 amide bonds. The first-order chi connectivity index (χ1) is 13.6. The Kier molecular flexibility index (Phi) is 6.59. The van der Waals surface area contributed by atoms with E-state index in [1.54, 1.807) is 19.3 Å². The van der Waals surface area contributed by atoms with Crippen LogP contribution >= 0.6 is 0 Å². The van der Waals surface area contributed by atoms with Gasteiger partial charge in [0, 0.05) is 29.9 Å². The SMILES string of the molecule is CC(=O)CC(C)Cc1ccc(C#Cc2ccc(Oc3ccncc3)cc2)cc1. The van der Waals surface area contributed by atoms with Crippen molar-refractivity contribution >= 4 is 5.78 Å². The van der Waals surface area contributed by atoms with Crippen LogP contribution in [0.1, 0.15) is 37.0 Å². The predicted octanol–water partition coefficient (Wildman–Crippen LogP) is 5.43. The number of pyridine rings is 1. The van der Waals surface area contributed by atoms with Crippen molar-refractivity contribution in [1.82, 2.24) is 4.98 Å². The number of benzene rings is 2. The largest absolute Gasteiger partial charge is 0.457 e. The topological polar surface area (TPSA) is 39.2 Å². The van der Waals surface area contributed by atoms with E-state index in [2.05, 4.69) is 35.9 Å². The van der Waals surface area contributed by atoms with Crippen molar-refractivity contribution in [2.24, 2.45) is 5.92 Å². The van der Waals surface area contributed by atoms with Crippen LogP contribution in [0.3, 0.4) is 0 Å². The monoisotopic (exact) mass is 369 g/mol. The van der Waals surface area contributed by atoms with Crippen LogP contribution in [0.4, 0.5) is 0 Å². The van der Waals surface area contributed by atoms with E-state index in [4.69, 9.17) is 4.74 Å².